The van der Waals surface area contributed by atoms with Crippen molar-refractivity contribution >= 4 is 35.1 Å². The van der Waals surface area contributed by atoms with Gasteiger partial charge in [0.1, 0.15) is 0 Å². The molecule has 4 aromatic rings. The van der Waals surface area contributed by atoms with Gasteiger partial charge in [-0.25, -0.2) is 4.90 Å². The number of nitro groups is 1. The summed E-state index contributed by atoms with van der Waals surface area (Å²) < 4.78 is 0. The highest BCUT2D eigenvalue weighted by Gasteiger charge is 2.68. The van der Waals surface area contributed by atoms with Crippen LogP contribution in [0.4, 0.5) is 17.1 Å². The third kappa shape index (κ3) is 3.14. The highest BCUT2D eigenvalue weighted by molar-refractivity contribution is 6.25. The number of carbonyl (C=O) groups excluding carboxylic acids is 2. The van der Waals surface area contributed by atoms with Gasteiger partial charge in [0.2, 0.25) is 11.8 Å². The number of carbonyl (C=O) groups is 2. The minimum absolute atomic E-state index is 0.0636. The molecule has 2 bridgehead atoms. The molecule has 196 valence electrons. The van der Waals surface area contributed by atoms with E-state index in [2.05, 4.69) is 0 Å². The van der Waals surface area contributed by atoms with Gasteiger partial charge in [0.15, 0.2) is 0 Å². The van der Waals surface area contributed by atoms with Crippen molar-refractivity contribution in [3.8, 4) is 0 Å². The van der Waals surface area contributed by atoms with E-state index < -0.39 is 22.2 Å². The Morgan fingerprint density at radius 3 is 2.17 bits per heavy atom. The molecule has 3 aliphatic carbocycles. The van der Waals surface area contributed by atoms with Crippen LogP contribution >= 0.6 is 0 Å². The molecule has 4 aromatic carbocycles. The van der Waals surface area contributed by atoms with Crippen LogP contribution in [0.3, 0.4) is 0 Å². The number of nitrogens with zero attached hydrogens (tertiary/aromatic N) is 3. The lowest BCUT2D eigenvalue weighted by Crippen LogP contribution is -2.54. The molecule has 40 heavy (non-hydrogen) atoms. The molecule has 1 heterocycles. The second-order valence-corrected chi connectivity index (χ2v) is 10.9. The fourth-order valence-corrected chi connectivity index (χ4v) is 7.21. The first kappa shape index (κ1) is 24.2. The van der Waals surface area contributed by atoms with Crippen LogP contribution in [0.25, 0.3) is 0 Å². The van der Waals surface area contributed by atoms with Crippen LogP contribution < -0.4 is 4.90 Å². The van der Waals surface area contributed by atoms with Crippen molar-refractivity contribution in [2.75, 3.05) is 4.90 Å². The summed E-state index contributed by atoms with van der Waals surface area (Å²) in [5.74, 6) is -2.03. The molecule has 2 amide bonds. The molecule has 4 aliphatic rings. The van der Waals surface area contributed by atoms with Gasteiger partial charge in [0.25, 0.3) is 5.69 Å². The van der Waals surface area contributed by atoms with Crippen LogP contribution in [-0.4, -0.2) is 23.0 Å². The Morgan fingerprint density at radius 1 is 0.850 bits per heavy atom. The van der Waals surface area contributed by atoms with E-state index >= 15 is 0 Å². The third-order valence-electron chi connectivity index (χ3n) is 8.73. The fraction of sp³-hybridized carbons (Fsp3) is 0.182. The van der Waals surface area contributed by atoms with Gasteiger partial charge in [-0.05, 0) is 53.8 Å². The maximum Gasteiger partial charge on any atom is 0.271 e. The first-order chi connectivity index (χ1) is 19.3. The maximum absolute atomic E-state index is 14.5. The molecular weight excluding hydrogens is 502 g/mol. The van der Waals surface area contributed by atoms with Crippen LogP contribution in [0.5, 0.6) is 0 Å². The number of nitro benzene ring substituents is 1. The summed E-state index contributed by atoms with van der Waals surface area (Å²) in [6.07, 6.45) is 1.76. The van der Waals surface area contributed by atoms with Crippen molar-refractivity contribution in [2.24, 2.45) is 16.8 Å². The number of rotatable bonds is 4. The lowest BCUT2D eigenvalue weighted by molar-refractivity contribution is -0.384. The number of amides is 2. The Hall–Kier alpha value is -4.91. The van der Waals surface area contributed by atoms with Crippen LogP contribution in [0.2, 0.25) is 0 Å². The largest absolute Gasteiger partial charge is 0.274 e. The highest BCUT2D eigenvalue weighted by atomic mass is 16.6. The number of aliphatic imine (C=N–C) groups is 1. The smallest absolute Gasteiger partial charge is 0.271 e. The zero-order chi connectivity index (χ0) is 27.8. The molecule has 0 aromatic heterocycles. The van der Waals surface area contributed by atoms with E-state index in [0.717, 1.165) is 33.4 Å². The van der Waals surface area contributed by atoms with Gasteiger partial charge in [-0.1, -0.05) is 72.3 Å². The first-order valence-corrected chi connectivity index (χ1v) is 13.3. The molecule has 1 saturated heterocycles. The molecule has 7 nitrogen and oxygen atoms in total. The van der Waals surface area contributed by atoms with E-state index in [1.807, 2.05) is 80.6 Å². The number of anilines is 1. The number of hydrogen-bond acceptors (Lipinski definition) is 5. The molecule has 1 aliphatic heterocycles. The Kier molecular flexibility index (Phi) is 5.16. The van der Waals surface area contributed by atoms with Gasteiger partial charge in [0.05, 0.1) is 33.5 Å². The highest BCUT2D eigenvalue weighted by Crippen LogP contribution is 2.63. The second-order valence-electron chi connectivity index (χ2n) is 10.9. The summed E-state index contributed by atoms with van der Waals surface area (Å²) in [6.45, 7) is 3.90. The van der Waals surface area contributed by atoms with E-state index in [0.29, 0.717) is 11.4 Å². The number of benzene rings is 4. The number of aryl methyl sites for hydroxylation is 2. The lowest BCUT2D eigenvalue weighted by Gasteiger charge is -2.52. The minimum Gasteiger partial charge on any atom is -0.274 e. The normalized spacial score (nSPS) is 24.2. The van der Waals surface area contributed by atoms with Crippen molar-refractivity contribution in [3.05, 3.63) is 134 Å². The standard InChI is InChI=1S/C33H25N3O4/c1-19-14-15-27(20(2)16-19)35-31(37)29-28-23-10-3-5-12-25(23)33(30(29)32(35)38,26-13-6-4-11-24(26)28)18-34-21-8-7-9-22(17-21)36(39)40/h3-18,28-30H,1-2H3/t28?,29-,30+,33?/m0/s1. The van der Waals surface area contributed by atoms with Crippen LogP contribution in [0, 0.1) is 35.8 Å². The van der Waals surface area contributed by atoms with Gasteiger partial charge >= 0.3 is 0 Å². The second kappa shape index (κ2) is 8.55. The maximum atomic E-state index is 14.5. The summed E-state index contributed by atoms with van der Waals surface area (Å²) >= 11 is 0. The molecule has 0 spiro atoms. The Bertz CT molecular complexity index is 1740. The van der Waals surface area contributed by atoms with Gasteiger partial charge in [-0.15, -0.1) is 0 Å². The van der Waals surface area contributed by atoms with Crippen molar-refractivity contribution in [3.63, 3.8) is 0 Å². The number of non-ortho nitro benzene ring substituents is 1. The topological polar surface area (TPSA) is 92.9 Å². The first-order valence-electron chi connectivity index (χ1n) is 13.3. The predicted octanol–water partition coefficient (Wildman–Crippen LogP) is 6.16. The molecule has 0 N–H and O–H groups in total. The van der Waals surface area contributed by atoms with Crippen molar-refractivity contribution in [1.29, 1.82) is 0 Å². The molecule has 2 atom stereocenters. The molecule has 0 unspecified atom stereocenters. The number of hydrogen-bond donors (Lipinski definition) is 0. The van der Waals surface area contributed by atoms with Gasteiger partial charge in [0, 0.05) is 24.3 Å². The molecule has 1 fully saturated rings. The summed E-state index contributed by atoms with van der Waals surface area (Å²) in [5, 5.41) is 11.4. The molecule has 7 heteroatoms. The minimum atomic E-state index is -1.03. The Balaban J connectivity index is 1.49. The lowest BCUT2D eigenvalue weighted by atomic mass is 9.47. The molecule has 0 saturated carbocycles. The van der Waals surface area contributed by atoms with Crippen molar-refractivity contribution in [1.82, 2.24) is 0 Å². The monoisotopic (exact) mass is 527 g/mol. The van der Waals surface area contributed by atoms with Gasteiger partial charge < -0.3 is 0 Å². The summed E-state index contributed by atoms with van der Waals surface area (Å²) in [7, 11) is 0. The summed E-state index contributed by atoms with van der Waals surface area (Å²) in [5.41, 5.74) is 5.74. The van der Waals surface area contributed by atoms with Crippen LogP contribution in [-0.2, 0) is 15.0 Å². The Morgan fingerprint density at radius 2 is 1.52 bits per heavy atom. The van der Waals surface area contributed by atoms with E-state index in [4.69, 9.17) is 4.99 Å². The quantitative estimate of drug-likeness (QED) is 0.137. The van der Waals surface area contributed by atoms with E-state index in [-0.39, 0.29) is 23.4 Å². The number of imide groups is 1. The molecule has 8 rings (SSSR count). The van der Waals surface area contributed by atoms with E-state index in [1.165, 1.54) is 17.0 Å². The van der Waals surface area contributed by atoms with Crippen LogP contribution in [0.15, 0.2) is 96.0 Å². The molecule has 0 radical (unpaired) electrons. The summed E-state index contributed by atoms with van der Waals surface area (Å²) in [4.78, 5) is 46.0. The van der Waals surface area contributed by atoms with Gasteiger partial charge in [-0.3, -0.25) is 24.7 Å². The predicted molar refractivity (Wildman–Crippen MR) is 152 cm³/mol. The van der Waals surface area contributed by atoms with Crippen molar-refractivity contribution in [2.45, 2.75) is 25.2 Å². The van der Waals surface area contributed by atoms with Crippen molar-refractivity contribution < 1.29 is 14.5 Å². The SMILES string of the molecule is Cc1ccc(N2C(=O)[C@H]3C4c5ccccc5C(C=Nc5cccc([N+](=O)[O-])c5)(c5ccccc54)[C@H]3C2=O)c(C)c1. The third-order valence-corrected chi connectivity index (χ3v) is 8.73. The average Bonchev–Trinajstić information content (AvgIpc) is 3.23. The fourth-order valence-electron chi connectivity index (χ4n) is 7.21. The zero-order valence-corrected chi connectivity index (χ0v) is 21.9. The summed E-state index contributed by atoms with van der Waals surface area (Å²) in [6, 6.07) is 27.8. The van der Waals surface area contributed by atoms with Crippen LogP contribution in [0.1, 0.15) is 39.3 Å². The zero-order valence-electron chi connectivity index (χ0n) is 21.9. The van der Waals surface area contributed by atoms with E-state index in [1.54, 1.807) is 18.3 Å². The molecular formula is C33H25N3O4. The van der Waals surface area contributed by atoms with Gasteiger partial charge in [-0.2, -0.15) is 0 Å². The van der Waals surface area contributed by atoms with E-state index in [9.17, 15) is 19.7 Å². The Labute approximate surface area is 231 Å². The average molecular weight is 528 g/mol.